The second-order valence-corrected chi connectivity index (χ2v) is 3.90. The number of hydrogen-bond acceptors (Lipinski definition) is 4. The van der Waals surface area contributed by atoms with Gasteiger partial charge in [0.05, 0.1) is 11.8 Å². The first-order valence-electron chi connectivity index (χ1n) is 5.61. The highest BCUT2D eigenvalue weighted by Crippen LogP contribution is 2.20. The van der Waals surface area contributed by atoms with E-state index in [2.05, 4.69) is 16.4 Å². The summed E-state index contributed by atoms with van der Waals surface area (Å²) in [7, 11) is 0. The fraction of sp³-hybridized carbons (Fsp3) is 0.500. The van der Waals surface area contributed by atoms with E-state index in [9.17, 15) is 0 Å². The summed E-state index contributed by atoms with van der Waals surface area (Å²) in [4.78, 5) is 3.99. The van der Waals surface area contributed by atoms with Crippen molar-refractivity contribution in [1.29, 1.82) is 5.26 Å². The number of pyridine rings is 1. The molecule has 4 heteroatoms. The van der Waals surface area contributed by atoms with Crippen molar-refractivity contribution in [2.75, 3.05) is 13.1 Å². The predicted octanol–water partition coefficient (Wildman–Crippen LogP) is 1.47. The molecule has 1 aromatic heterocycles. The highest BCUT2D eigenvalue weighted by atomic mass is 16.5. The Kier molecular flexibility index (Phi) is 3.73. The summed E-state index contributed by atoms with van der Waals surface area (Å²) >= 11 is 0. The molecular formula is C12H15N3O. The summed E-state index contributed by atoms with van der Waals surface area (Å²) in [6.45, 7) is 2.03. The van der Waals surface area contributed by atoms with Gasteiger partial charge in [0, 0.05) is 6.20 Å². The summed E-state index contributed by atoms with van der Waals surface area (Å²) in [6.07, 6.45) is 6.57. The van der Waals surface area contributed by atoms with Gasteiger partial charge < -0.3 is 10.1 Å². The average Bonchev–Trinajstić information content (AvgIpc) is 2.58. The van der Waals surface area contributed by atoms with Crippen molar-refractivity contribution in [2.45, 2.75) is 25.4 Å². The molecule has 2 heterocycles. The molecule has 1 aliphatic heterocycles. The van der Waals surface area contributed by atoms with Gasteiger partial charge >= 0.3 is 0 Å². The Morgan fingerprint density at radius 3 is 3.25 bits per heavy atom. The summed E-state index contributed by atoms with van der Waals surface area (Å²) in [6, 6.07) is 3.80. The van der Waals surface area contributed by atoms with Crippen molar-refractivity contribution in [3.8, 4) is 11.8 Å². The van der Waals surface area contributed by atoms with Gasteiger partial charge in [-0.1, -0.05) is 0 Å². The van der Waals surface area contributed by atoms with Gasteiger partial charge in [-0.2, -0.15) is 5.26 Å². The van der Waals surface area contributed by atoms with Crippen LogP contribution in [0.25, 0.3) is 0 Å². The first-order chi connectivity index (χ1) is 7.90. The zero-order chi connectivity index (χ0) is 11.2. The lowest BCUT2D eigenvalue weighted by atomic mass is 10.1. The van der Waals surface area contributed by atoms with Gasteiger partial charge in [0.25, 0.3) is 0 Å². The normalized spacial score (nSPS) is 20.8. The Bertz CT molecular complexity index is 378. The van der Waals surface area contributed by atoms with Crippen molar-refractivity contribution in [1.82, 2.24) is 10.3 Å². The van der Waals surface area contributed by atoms with E-state index in [0.717, 1.165) is 32.4 Å². The van der Waals surface area contributed by atoms with Crippen molar-refractivity contribution < 1.29 is 4.74 Å². The summed E-state index contributed by atoms with van der Waals surface area (Å²) in [5.41, 5.74) is 0.562. The molecule has 1 saturated heterocycles. The number of nitriles is 1. The van der Waals surface area contributed by atoms with Gasteiger partial charge in [-0.05, 0) is 38.4 Å². The van der Waals surface area contributed by atoms with Gasteiger partial charge in [0.1, 0.15) is 12.2 Å². The van der Waals surface area contributed by atoms with Crippen molar-refractivity contribution in [2.24, 2.45) is 0 Å². The third-order valence-electron chi connectivity index (χ3n) is 2.72. The summed E-state index contributed by atoms with van der Waals surface area (Å²) in [5.74, 6) is 0.608. The van der Waals surface area contributed by atoms with E-state index < -0.39 is 0 Å². The Morgan fingerprint density at radius 2 is 2.38 bits per heavy atom. The molecule has 1 unspecified atom stereocenters. The van der Waals surface area contributed by atoms with Crippen molar-refractivity contribution in [3.63, 3.8) is 0 Å². The minimum atomic E-state index is 0.200. The van der Waals surface area contributed by atoms with Crippen molar-refractivity contribution in [3.05, 3.63) is 24.0 Å². The second kappa shape index (κ2) is 5.47. The molecule has 1 aliphatic rings. The fourth-order valence-electron chi connectivity index (χ4n) is 1.85. The quantitative estimate of drug-likeness (QED) is 0.815. The van der Waals surface area contributed by atoms with E-state index in [1.807, 2.05) is 0 Å². The molecule has 0 aliphatic carbocycles. The number of nitrogens with zero attached hydrogens (tertiary/aromatic N) is 2. The van der Waals surface area contributed by atoms with Gasteiger partial charge in [0.15, 0.2) is 5.75 Å². The molecule has 0 saturated carbocycles. The van der Waals surface area contributed by atoms with Crippen LogP contribution in [0.5, 0.6) is 5.75 Å². The topological polar surface area (TPSA) is 57.9 Å². The maximum absolute atomic E-state index is 8.93. The lowest BCUT2D eigenvalue weighted by Crippen LogP contribution is -2.19. The molecule has 1 aromatic rings. The highest BCUT2D eigenvalue weighted by Gasteiger charge is 2.15. The largest absolute Gasteiger partial charge is 0.487 e. The molecule has 1 N–H and O–H groups in total. The van der Waals surface area contributed by atoms with E-state index in [-0.39, 0.29) is 6.10 Å². The highest BCUT2D eigenvalue weighted by molar-refractivity contribution is 5.40. The van der Waals surface area contributed by atoms with Crippen LogP contribution < -0.4 is 10.1 Å². The maximum Gasteiger partial charge on any atom is 0.155 e. The van der Waals surface area contributed by atoms with Crippen LogP contribution in [0.4, 0.5) is 0 Å². The molecule has 0 spiro atoms. The van der Waals surface area contributed by atoms with Crippen LogP contribution in [0.2, 0.25) is 0 Å². The lowest BCUT2D eigenvalue weighted by Gasteiger charge is -2.16. The molecule has 16 heavy (non-hydrogen) atoms. The monoisotopic (exact) mass is 217 g/mol. The Balaban J connectivity index is 2.05. The standard InChI is InChI=1S/C12H15N3O/c13-8-10-3-6-15-9-12(10)16-11-2-1-5-14-7-4-11/h3,6,9,11,14H,1-2,4-5,7H2. The molecule has 0 bridgehead atoms. The molecule has 4 nitrogen and oxygen atoms in total. The molecule has 0 amide bonds. The first-order valence-corrected chi connectivity index (χ1v) is 5.61. The zero-order valence-corrected chi connectivity index (χ0v) is 9.15. The summed E-state index contributed by atoms with van der Waals surface area (Å²) < 4.78 is 5.83. The minimum Gasteiger partial charge on any atom is -0.487 e. The third kappa shape index (κ3) is 2.71. The Hall–Kier alpha value is -1.60. The lowest BCUT2D eigenvalue weighted by molar-refractivity contribution is 0.186. The third-order valence-corrected chi connectivity index (χ3v) is 2.72. The average molecular weight is 217 g/mol. The van der Waals surface area contributed by atoms with Crippen LogP contribution in [0.15, 0.2) is 18.5 Å². The maximum atomic E-state index is 8.93. The Morgan fingerprint density at radius 1 is 1.44 bits per heavy atom. The van der Waals surface area contributed by atoms with E-state index in [0.29, 0.717) is 11.3 Å². The molecular weight excluding hydrogens is 202 g/mol. The molecule has 0 aromatic carbocycles. The fourth-order valence-corrected chi connectivity index (χ4v) is 1.85. The van der Waals surface area contributed by atoms with Crippen molar-refractivity contribution >= 4 is 0 Å². The Labute approximate surface area is 95.3 Å². The van der Waals surface area contributed by atoms with Crippen LogP contribution in [0.3, 0.4) is 0 Å². The van der Waals surface area contributed by atoms with Gasteiger partial charge in [-0.3, -0.25) is 4.98 Å². The van der Waals surface area contributed by atoms with Gasteiger partial charge in [-0.25, -0.2) is 0 Å². The molecule has 2 rings (SSSR count). The number of aromatic nitrogens is 1. The first kappa shape index (κ1) is 10.9. The smallest absolute Gasteiger partial charge is 0.155 e. The van der Waals surface area contributed by atoms with E-state index in [4.69, 9.17) is 10.00 Å². The zero-order valence-electron chi connectivity index (χ0n) is 9.15. The second-order valence-electron chi connectivity index (χ2n) is 3.90. The van der Waals surface area contributed by atoms with E-state index in [1.165, 1.54) is 0 Å². The van der Waals surface area contributed by atoms with Crippen LogP contribution in [-0.2, 0) is 0 Å². The van der Waals surface area contributed by atoms with Gasteiger partial charge in [-0.15, -0.1) is 0 Å². The SMILES string of the molecule is N#Cc1ccncc1OC1CCCNCC1. The number of rotatable bonds is 2. The molecule has 84 valence electrons. The summed E-state index contributed by atoms with van der Waals surface area (Å²) in [5, 5.41) is 12.3. The number of nitrogens with one attached hydrogen (secondary N) is 1. The molecule has 1 fully saturated rings. The predicted molar refractivity (Wildman–Crippen MR) is 60.1 cm³/mol. The number of hydrogen-bond donors (Lipinski definition) is 1. The number of ether oxygens (including phenoxy) is 1. The molecule has 0 radical (unpaired) electrons. The van der Waals surface area contributed by atoms with Gasteiger partial charge in [0.2, 0.25) is 0 Å². The van der Waals surface area contributed by atoms with Crippen LogP contribution in [0.1, 0.15) is 24.8 Å². The van der Waals surface area contributed by atoms with Crippen LogP contribution in [0, 0.1) is 11.3 Å². The minimum absolute atomic E-state index is 0.200. The van der Waals surface area contributed by atoms with E-state index in [1.54, 1.807) is 18.5 Å². The van der Waals surface area contributed by atoms with Crippen LogP contribution >= 0.6 is 0 Å². The molecule has 1 atom stereocenters. The van der Waals surface area contributed by atoms with E-state index >= 15 is 0 Å². The van der Waals surface area contributed by atoms with Crippen LogP contribution in [-0.4, -0.2) is 24.2 Å².